The molecule has 2 aromatic rings. The molecule has 2 aromatic carbocycles. The fraction of sp³-hybridized carbons (Fsp3) is 0.294. The third-order valence-electron chi connectivity index (χ3n) is 3.34. The number of halogens is 1. The minimum atomic E-state index is 0.00824. The summed E-state index contributed by atoms with van der Waals surface area (Å²) in [4.78, 5) is 0. The molecule has 0 aliphatic rings. The summed E-state index contributed by atoms with van der Waals surface area (Å²) >= 11 is 3.51. The summed E-state index contributed by atoms with van der Waals surface area (Å²) in [5.74, 6) is 0.841. The van der Waals surface area contributed by atoms with Crippen LogP contribution in [-0.4, -0.2) is 7.11 Å². The van der Waals surface area contributed by atoms with Crippen LogP contribution in [0.5, 0.6) is 5.75 Å². The summed E-state index contributed by atoms with van der Waals surface area (Å²) in [6, 6.07) is 12.6. The van der Waals surface area contributed by atoms with Gasteiger partial charge in [0.15, 0.2) is 0 Å². The zero-order chi connectivity index (χ0) is 14.7. The van der Waals surface area contributed by atoms with E-state index in [2.05, 4.69) is 60.1 Å². The molecule has 2 nitrogen and oxygen atoms in total. The highest BCUT2D eigenvalue weighted by atomic mass is 79.9. The van der Waals surface area contributed by atoms with Crippen LogP contribution in [-0.2, 0) is 6.42 Å². The maximum Gasteiger partial charge on any atom is 0.133 e. The Balaban J connectivity index is 2.18. The van der Waals surface area contributed by atoms with Crippen LogP contribution < -0.4 is 10.5 Å². The van der Waals surface area contributed by atoms with E-state index in [0.717, 1.165) is 16.6 Å². The average molecular weight is 334 g/mol. The van der Waals surface area contributed by atoms with Crippen LogP contribution >= 0.6 is 15.9 Å². The largest absolute Gasteiger partial charge is 0.496 e. The number of nitrogens with two attached hydrogens (primary N) is 1. The Morgan fingerprint density at radius 2 is 1.75 bits per heavy atom. The van der Waals surface area contributed by atoms with Crippen molar-refractivity contribution in [2.24, 2.45) is 5.73 Å². The fourth-order valence-corrected chi connectivity index (χ4v) is 3.02. The highest BCUT2D eigenvalue weighted by molar-refractivity contribution is 9.10. The van der Waals surface area contributed by atoms with Gasteiger partial charge < -0.3 is 10.5 Å². The van der Waals surface area contributed by atoms with Gasteiger partial charge in [-0.2, -0.15) is 0 Å². The van der Waals surface area contributed by atoms with Crippen molar-refractivity contribution in [2.45, 2.75) is 26.3 Å². The van der Waals surface area contributed by atoms with Gasteiger partial charge in [-0.1, -0.05) is 35.4 Å². The summed E-state index contributed by atoms with van der Waals surface area (Å²) in [5, 5.41) is 0. The molecule has 0 saturated heterocycles. The third-order valence-corrected chi connectivity index (χ3v) is 3.96. The molecule has 0 bridgehead atoms. The van der Waals surface area contributed by atoms with Crippen molar-refractivity contribution in [3.8, 4) is 5.75 Å². The van der Waals surface area contributed by atoms with Crippen LogP contribution in [0.2, 0.25) is 0 Å². The molecule has 0 fully saturated rings. The predicted molar refractivity (Wildman–Crippen MR) is 87.2 cm³/mol. The molecule has 3 heteroatoms. The first-order valence-corrected chi connectivity index (χ1v) is 7.45. The Kier molecular flexibility index (Phi) is 4.84. The monoisotopic (exact) mass is 333 g/mol. The Labute approximate surface area is 129 Å². The molecule has 0 aromatic heterocycles. The van der Waals surface area contributed by atoms with E-state index in [9.17, 15) is 0 Å². The minimum absolute atomic E-state index is 0.00824. The first kappa shape index (κ1) is 15.1. The molecule has 2 rings (SSSR count). The van der Waals surface area contributed by atoms with Gasteiger partial charge in [0, 0.05) is 6.04 Å². The van der Waals surface area contributed by atoms with Crippen LogP contribution in [0.25, 0.3) is 0 Å². The predicted octanol–water partition coefficient (Wildman–Crippen LogP) is 4.32. The average Bonchev–Trinajstić information content (AvgIpc) is 2.37. The number of hydrogen-bond acceptors (Lipinski definition) is 2. The maximum absolute atomic E-state index is 6.34. The highest BCUT2D eigenvalue weighted by Gasteiger charge is 2.10. The standard InChI is InChI=1S/C17H20BrNO/c1-11-6-12(2)8-14(7-11)16(19)10-13-4-5-17(20-3)15(18)9-13/h4-9,16H,10,19H2,1-3H3. The zero-order valence-corrected chi connectivity index (χ0v) is 13.7. The molecule has 0 aliphatic carbocycles. The van der Waals surface area contributed by atoms with Gasteiger partial charge in [-0.05, 0) is 59.5 Å². The van der Waals surface area contributed by atoms with E-state index in [4.69, 9.17) is 10.5 Å². The van der Waals surface area contributed by atoms with E-state index in [-0.39, 0.29) is 6.04 Å². The van der Waals surface area contributed by atoms with E-state index in [1.807, 2.05) is 6.07 Å². The zero-order valence-electron chi connectivity index (χ0n) is 12.1. The molecule has 0 aliphatic heterocycles. The Morgan fingerprint density at radius 3 is 2.30 bits per heavy atom. The van der Waals surface area contributed by atoms with E-state index in [0.29, 0.717) is 0 Å². The summed E-state index contributed by atoms with van der Waals surface area (Å²) in [7, 11) is 1.67. The van der Waals surface area contributed by atoms with E-state index >= 15 is 0 Å². The molecule has 20 heavy (non-hydrogen) atoms. The molecule has 106 valence electrons. The molecule has 0 amide bonds. The molecular weight excluding hydrogens is 314 g/mol. The van der Waals surface area contributed by atoms with Gasteiger partial charge in [0.1, 0.15) is 5.75 Å². The van der Waals surface area contributed by atoms with Crippen LogP contribution in [0.4, 0.5) is 0 Å². The fourth-order valence-electron chi connectivity index (χ4n) is 2.43. The second-order valence-corrected chi connectivity index (χ2v) is 6.05. The van der Waals surface area contributed by atoms with E-state index < -0.39 is 0 Å². The van der Waals surface area contributed by atoms with Crippen LogP contribution in [0, 0.1) is 13.8 Å². The summed E-state index contributed by atoms with van der Waals surface area (Å²) in [6.07, 6.45) is 0.811. The Bertz CT molecular complexity index is 590. The van der Waals surface area contributed by atoms with Gasteiger partial charge in [0.05, 0.1) is 11.6 Å². The normalized spacial score (nSPS) is 12.2. The van der Waals surface area contributed by atoms with Crippen LogP contribution in [0.3, 0.4) is 0 Å². The van der Waals surface area contributed by atoms with Crippen molar-refractivity contribution in [2.75, 3.05) is 7.11 Å². The Morgan fingerprint density at radius 1 is 1.10 bits per heavy atom. The first-order valence-electron chi connectivity index (χ1n) is 6.66. The van der Waals surface area contributed by atoms with Crippen molar-refractivity contribution in [3.05, 3.63) is 63.1 Å². The van der Waals surface area contributed by atoms with Crippen molar-refractivity contribution >= 4 is 15.9 Å². The molecule has 2 N–H and O–H groups in total. The van der Waals surface area contributed by atoms with Crippen molar-refractivity contribution in [1.82, 2.24) is 0 Å². The van der Waals surface area contributed by atoms with Gasteiger partial charge in [-0.15, -0.1) is 0 Å². The maximum atomic E-state index is 6.34. The van der Waals surface area contributed by atoms with Crippen LogP contribution in [0.15, 0.2) is 40.9 Å². The second-order valence-electron chi connectivity index (χ2n) is 5.20. The minimum Gasteiger partial charge on any atom is -0.496 e. The number of methoxy groups -OCH3 is 1. The van der Waals surface area contributed by atoms with E-state index in [1.165, 1.54) is 22.3 Å². The molecule has 0 saturated carbocycles. The summed E-state index contributed by atoms with van der Waals surface area (Å²) < 4.78 is 6.21. The number of benzene rings is 2. The molecule has 1 unspecified atom stereocenters. The number of rotatable bonds is 4. The third kappa shape index (κ3) is 3.62. The molecular formula is C17H20BrNO. The quantitative estimate of drug-likeness (QED) is 0.904. The summed E-state index contributed by atoms with van der Waals surface area (Å²) in [5.41, 5.74) is 11.2. The van der Waals surface area contributed by atoms with Gasteiger partial charge >= 0.3 is 0 Å². The lowest BCUT2D eigenvalue weighted by Gasteiger charge is -2.15. The van der Waals surface area contributed by atoms with Crippen molar-refractivity contribution < 1.29 is 4.74 Å². The summed E-state index contributed by atoms with van der Waals surface area (Å²) in [6.45, 7) is 4.21. The van der Waals surface area contributed by atoms with Crippen molar-refractivity contribution in [1.29, 1.82) is 0 Å². The van der Waals surface area contributed by atoms with Gasteiger partial charge in [0.25, 0.3) is 0 Å². The lowest BCUT2D eigenvalue weighted by molar-refractivity contribution is 0.412. The lowest BCUT2D eigenvalue weighted by Crippen LogP contribution is -2.13. The molecule has 0 spiro atoms. The lowest BCUT2D eigenvalue weighted by atomic mass is 9.96. The van der Waals surface area contributed by atoms with Gasteiger partial charge in [-0.3, -0.25) is 0 Å². The molecule has 0 heterocycles. The van der Waals surface area contributed by atoms with Gasteiger partial charge in [-0.25, -0.2) is 0 Å². The number of ether oxygens (including phenoxy) is 1. The van der Waals surface area contributed by atoms with Gasteiger partial charge in [0.2, 0.25) is 0 Å². The SMILES string of the molecule is COc1ccc(CC(N)c2cc(C)cc(C)c2)cc1Br. The smallest absolute Gasteiger partial charge is 0.133 e. The highest BCUT2D eigenvalue weighted by Crippen LogP contribution is 2.27. The van der Waals surface area contributed by atoms with Crippen molar-refractivity contribution in [3.63, 3.8) is 0 Å². The Hall–Kier alpha value is -1.32. The first-order chi connectivity index (χ1) is 9.49. The van der Waals surface area contributed by atoms with Crippen LogP contribution in [0.1, 0.15) is 28.3 Å². The molecule has 1 atom stereocenters. The van der Waals surface area contributed by atoms with E-state index in [1.54, 1.807) is 7.11 Å². The number of aryl methyl sites for hydroxylation is 2. The second kappa shape index (κ2) is 6.42. The number of hydrogen-bond donors (Lipinski definition) is 1. The topological polar surface area (TPSA) is 35.2 Å². The molecule has 0 radical (unpaired) electrons.